The van der Waals surface area contributed by atoms with E-state index >= 15 is 0 Å². The fraction of sp³-hybridized carbons (Fsp3) is 0.583. The van der Waals surface area contributed by atoms with Crippen molar-refractivity contribution in [3.05, 3.63) is 29.6 Å². The average Bonchev–Trinajstić information content (AvgIpc) is 2.48. The third-order valence-corrected chi connectivity index (χ3v) is 3.90. The molecule has 0 bridgehead atoms. The first-order chi connectivity index (χ1) is 6.68. The highest BCUT2D eigenvalue weighted by atomic mass is 35.5. The fourth-order valence-corrected chi connectivity index (χ4v) is 2.67. The second-order valence-corrected chi connectivity index (χ2v) is 4.92. The van der Waals surface area contributed by atoms with Crippen LogP contribution in [-0.2, 0) is 0 Å². The van der Waals surface area contributed by atoms with E-state index in [0.29, 0.717) is 17.2 Å². The number of rotatable bonds is 1. The van der Waals surface area contributed by atoms with Crippen molar-refractivity contribution in [2.24, 2.45) is 5.92 Å². The molecule has 1 fully saturated rings. The van der Waals surface area contributed by atoms with Gasteiger partial charge in [0.05, 0.1) is 0 Å². The lowest BCUT2D eigenvalue weighted by atomic mass is 9.91. The van der Waals surface area contributed by atoms with Crippen LogP contribution in [0.25, 0.3) is 0 Å². The predicted molar refractivity (Wildman–Crippen MR) is 59.8 cm³/mol. The van der Waals surface area contributed by atoms with Gasteiger partial charge in [0.25, 0.3) is 0 Å². The van der Waals surface area contributed by atoms with Crippen LogP contribution in [0, 0.1) is 12.8 Å². The van der Waals surface area contributed by atoms with Crippen LogP contribution in [0.2, 0.25) is 0 Å². The summed E-state index contributed by atoms with van der Waals surface area (Å²) in [7, 11) is 0. The molecule has 3 atom stereocenters. The van der Waals surface area contributed by atoms with Gasteiger partial charge in [-0.1, -0.05) is 13.0 Å². The lowest BCUT2D eigenvalue weighted by Gasteiger charge is -2.17. The number of hydrogen-bond acceptors (Lipinski definition) is 1. The molecular weight excluding hydrogens is 194 g/mol. The van der Waals surface area contributed by atoms with Gasteiger partial charge in [0.1, 0.15) is 0 Å². The number of aryl methyl sites for hydroxylation is 1. The second-order valence-electron chi connectivity index (χ2n) is 4.35. The largest absolute Gasteiger partial charge is 0.264 e. The van der Waals surface area contributed by atoms with Crippen molar-refractivity contribution in [1.82, 2.24) is 4.98 Å². The van der Waals surface area contributed by atoms with Crippen molar-refractivity contribution in [2.45, 2.75) is 38.0 Å². The Morgan fingerprint density at radius 3 is 2.71 bits per heavy atom. The van der Waals surface area contributed by atoms with Gasteiger partial charge in [0, 0.05) is 17.8 Å². The summed E-state index contributed by atoms with van der Waals surface area (Å²) in [6, 6.07) is 2.24. The van der Waals surface area contributed by atoms with Crippen LogP contribution in [0.4, 0.5) is 0 Å². The topological polar surface area (TPSA) is 12.9 Å². The number of halogens is 1. The summed E-state index contributed by atoms with van der Waals surface area (Å²) >= 11 is 6.23. The van der Waals surface area contributed by atoms with E-state index in [1.54, 1.807) is 0 Å². The molecule has 1 nitrogen and oxygen atoms in total. The quantitative estimate of drug-likeness (QED) is 0.645. The van der Waals surface area contributed by atoms with Crippen molar-refractivity contribution >= 4 is 11.6 Å². The number of pyridine rings is 1. The summed E-state index contributed by atoms with van der Waals surface area (Å²) in [6.07, 6.45) is 6.24. The molecule has 1 saturated carbocycles. The molecule has 0 saturated heterocycles. The van der Waals surface area contributed by atoms with Crippen molar-refractivity contribution in [1.29, 1.82) is 0 Å². The molecule has 76 valence electrons. The lowest BCUT2D eigenvalue weighted by Crippen LogP contribution is -2.09. The highest BCUT2D eigenvalue weighted by Crippen LogP contribution is 2.41. The number of nitrogens with zero attached hydrogens (tertiary/aromatic N) is 1. The molecule has 0 aromatic carbocycles. The van der Waals surface area contributed by atoms with E-state index in [4.69, 9.17) is 11.6 Å². The van der Waals surface area contributed by atoms with Crippen LogP contribution >= 0.6 is 11.6 Å². The van der Waals surface area contributed by atoms with E-state index in [2.05, 4.69) is 24.9 Å². The molecule has 1 aromatic rings. The summed E-state index contributed by atoms with van der Waals surface area (Å²) in [5, 5.41) is 0.348. The molecule has 1 aliphatic carbocycles. The highest BCUT2D eigenvalue weighted by molar-refractivity contribution is 6.21. The summed E-state index contributed by atoms with van der Waals surface area (Å²) in [4.78, 5) is 4.25. The van der Waals surface area contributed by atoms with Crippen molar-refractivity contribution in [3.8, 4) is 0 Å². The van der Waals surface area contributed by atoms with Crippen LogP contribution in [-0.4, -0.2) is 10.4 Å². The second kappa shape index (κ2) is 3.90. The zero-order valence-electron chi connectivity index (χ0n) is 8.70. The van der Waals surface area contributed by atoms with E-state index in [9.17, 15) is 0 Å². The van der Waals surface area contributed by atoms with Crippen molar-refractivity contribution in [2.75, 3.05) is 0 Å². The van der Waals surface area contributed by atoms with Gasteiger partial charge in [-0.05, 0) is 42.7 Å². The van der Waals surface area contributed by atoms with Crippen molar-refractivity contribution < 1.29 is 0 Å². The molecule has 0 amide bonds. The van der Waals surface area contributed by atoms with Crippen LogP contribution in [0.1, 0.15) is 36.8 Å². The van der Waals surface area contributed by atoms with Crippen LogP contribution in [0.5, 0.6) is 0 Å². The Labute approximate surface area is 90.5 Å². The van der Waals surface area contributed by atoms with Crippen LogP contribution in [0.15, 0.2) is 18.5 Å². The molecule has 0 N–H and O–H groups in total. The molecule has 1 aliphatic rings. The van der Waals surface area contributed by atoms with Gasteiger partial charge in [0.15, 0.2) is 0 Å². The van der Waals surface area contributed by atoms with Gasteiger partial charge in [0.2, 0.25) is 0 Å². The minimum Gasteiger partial charge on any atom is -0.264 e. The predicted octanol–water partition coefficient (Wildman–Crippen LogP) is 3.51. The van der Waals surface area contributed by atoms with Gasteiger partial charge in [-0.15, -0.1) is 11.6 Å². The normalized spacial score (nSPS) is 32.1. The third kappa shape index (κ3) is 1.78. The first kappa shape index (κ1) is 9.97. The van der Waals surface area contributed by atoms with Crippen LogP contribution in [0.3, 0.4) is 0 Å². The SMILES string of the molecule is Cc1cncc(C2CCC(Cl)C2C)c1. The smallest absolute Gasteiger partial charge is 0.0367 e. The van der Waals surface area contributed by atoms with E-state index in [1.165, 1.54) is 17.5 Å². The van der Waals surface area contributed by atoms with E-state index in [1.807, 2.05) is 12.4 Å². The summed E-state index contributed by atoms with van der Waals surface area (Å²) in [5.74, 6) is 1.20. The molecule has 0 radical (unpaired) electrons. The number of hydrogen-bond donors (Lipinski definition) is 0. The molecule has 1 heterocycles. The van der Waals surface area contributed by atoms with Gasteiger partial charge in [-0.3, -0.25) is 4.98 Å². The standard InChI is InChI=1S/C12H16ClN/c1-8-5-10(7-14-6-8)11-3-4-12(13)9(11)2/h5-7,9,11-12H,3-4H2,1-2H3. The minimum absolute atomic E-state index is 0.348. The van der Waals surface area contributed by atoms with Crippen LogP contribution < -0.4 is 0 Å². The maximum atomic E-state index is 6.23. The minimum atomic E-state index is 0.348. The first-order valence-corrected chi connectivity index (χ1v) is 5.67. The molecule has 2 rings (SSSR count). The maximum Gasteiger partial charge on any atom is 0.0367 e. The van der Waals surface area contributed by atoms with E-state index in [-0.39, 0.29) is 0 Å². The highest BCUT2D eigenvalue weighted by Gasteiger charge is 2.32. The Hall–Kier alpha value is -0.560. The van der Waals surface area contributed by atoms with Gasteiger partial charge in [-0.25, -0.2) is 0 Å². The molecule has 0 spiro atoms. The van der Waals surface area contributed by atoms with E-state index < -0.39 is 0 Å². The summed E-state index contributed by atoms with van der Waals surface area (Å²) < 4.78 is 0. The lowest BCUT2D eigenvalue weighted by molar-refractivity contribution is 0.536. The Morgan fingerprint density at radius 2 is 2.14 bits per heavy atom. The first-order valence-electron chi connectivity index (χ1n) is 5.24. The average molecular weight is 210 g/mol. The summed E-state index contributed by atoms with van der Waals surface area (Å²) in [5.41, 5.74) is 2.60. The molecule has 2 heteroatoms. The Kier molecular flexibility index (Phi) is 2.78. The third-order valence-electron chi connectivity index (χ3n) is 3.28. The molecule has 3 unspecified atom stereocenters. The van der Waals surface area contributed by atoms with Gasteiger partial charge < -0.3 is 0 Å². The van der Waals surface area contributed by atoms with Gasteiger partial charge in [-0.2, -0.15) is 0 Å². The molecule has 14 heavy (non-hydrogen) atoms. The Morgan fingerprint density at radius 1 is 1.36 bits per heavy atom. The Bertz CT molecular complexity index is 324. The van der Waals surface area contributed by atoms with E-state index in [0.717, 1.165) is 6.42 Å². The maximum absolute atomic E-state index is 6.23. The number of aromatic nitrogens is 1. The molecule has 0 aliphatic heterocycles. The number of alkyl halides is 1. The zero-order valence-corrected chi connectivity index (χ0v) is 9.46. The molecule has 1 aromatic heterocycles. The fourth-order valence-electron chi connectivity index (χ4n) is 2.37. The molecular formula is C12H16ClN. The summed E-state index contributed by atoms with van der Waals surface area (Å²) in [6.45, 7) is 4.34. The van der Waals surface area contributed by atoms with Gasteiger partial charge >= 0.3 is 0 Å². The monoisotopic (exact) mass is 209 g/mol. The van der Waals surface area contributed by atoms with Crippen molar-refractivity contribution in [3.63, 3.8) is 0 Å². The Balaban J connectivity index is 2.23. The zero-order chi connectivity index (χ0) is 10.1.